The highest BCUT2D eigenvalue weighted by atomic mass is 16.1. The fourth-order valence-electron chi connectivity index (χ4n) is 2.39. The van der Waals surface area contributed by atoms with Crippen LogP contribution in [0.3, 0.4) is 0 Å². The van der Waals surface area contributed by atoms with Crippen molar-refractivity contribution < 1.29 is 4.79 Å². The van der Waals surface area contributed by atoms with Crippen LogP contribution in [-0.2, 0) is 0 Å². The Kier molecular flexibility index (Phi) is 4.13. The number of pyridine rings is 2. The number of H-pyrrole nitrogens is 1. The minimum Gasteiger partial charge on any atom is -0.317 e. The summed E-state index contributed by atoms with van der Waals surface area (Å²) in [6.45, 7) is 0. The van der Waals surface area contributed by atoms with Crippen LogP contribution >= 0.6 is 0 Å². The number of rotatable bonds is 4. The molecule has 0 radical (unpaired) electrons. The molecule has 4 rings (SSSR count). The van der Waals surface area contributed by atoms with E-state index >= 15 is 0 Å². The van der Waals surface area contributed by atoms with Crippen molar-refractivity contribution in [1.82, 2.24) is 30.1 Å². The second-order valence-electron chi connectivity index (χ2n) is 5.33. The molecule has 0 aliphatic carbocycles. The summed E-state index contributed by atoms with van der Waals surface area (Å²) in [6.07, 6.45) is 8.06. The number of aromatic amines is 1. The van der Waals surface area contributed by atoms with E-state index in [0.717, 1.165) is 5.56 Å². The quantitative estimate of drug-likeness (QED) is 0.589. The van der Waals surface area contributed by atoms with E-state index in [2.05, 4.69) is 35.5 Å². The van der Waals surface area contributed by atoms with Crippen molar-refractivity contribution in [1.29, 1.82) is 0 Å². The monoisotopic (exact) mass is 343 g/mol. The SMILES string of the molecule is O=C(Nc1cn[nH]c1-c1ccccn1)c1ccnc(-c2cccnc2)n1. The Morgan fingerprint density at radius 3 is 2.73 bits per heavy atom. The van der Waals surface area contributed by atoms with Gasteiger partial charge in [0.15, 0.2) is 5.82 Å². The number of hydrogen-bond donors (Lipinski definition) is 2. The maximum atomic E-state index is 12.6. The summed E-state index contributed by atoms with van der Waals surface area (Å²) in [5.41, 5.74) is 2.81. The highest BCUT2D eigenvalue weighted by molar-refractivity contribution is 6.04. The van der Waals surface area contributed by atoms with Gasteiger partial charge in [-0.05, 0) is 30.3 Å². The Morgan fingerprint density at radius 1 is 0.962 bits per heavy atom. The van der Waals surface area contributed by atoms with Gasteiger partial charge in [0, 0.05) is 30.4 Å². The van der Waals surface area contributed by atoms with Gasteiger partial charge in [0.25, 0.3) is 5.91 Å². The molecule has 8 nitrogen and oxygen atoms in total. The van der Waals surface area contributed by atoms with Gasteiger partial charge in [-0.15, -0.1) is 0 Å². The van der Waals surface area contributed by atoms with E-state index in [1.165, 1.54) is 6.20 Å². The van der Waals surface area contributed by atoms with Crippen molar-refractivity contribution in [3.05, 3.63) is 73.1 Å². The van der Waals surface area contributed by atoms with Gasteiger partial charge in [-0.2, -0.15) is 5.10 Å². The van der Waals surface area contributed by atoms with Crippen LogP contribution in [0.25, 0.3) is 22.8 Å². The van der Waals surface area contributed by atoms with E-state index in [1.54, 1.807) is 36.9 Å². The lowest BCUT2D eigenvalue weighted by molar-refractivity contribution is 0.102. The summed E-state index contributed by atoms with van der Waals surface area (Å²) >= 11 is 0. The largest absolute Gasteiger partial charge is 0.317 e. The van der Waals surface area contributed by atoms with Crippen molar-refractivity contribution in [2.75, 3.05) is 5.32 Å². The molecule has 4 heterocycles. The number of amides is 1. The van der Waals surface area contributed by atoms with Gasteiger partial charge in [0.05, 0.1) is 17.6 Å². The number of nitrogens with one attached hydrogen (secondary N) is 2. The van der Waals surface area contributed by atoms with Gasteiger partial charge in [-0.25, -0.2) is 9.97 Å². The van der Waals surface area contributed by atoms with Gasteiger partial charge < -0.3 is 5.32 Å². The van der Waals surface area contributed by atoms with Crippen LogP contribution in [0.1, 0.15) is 10.5 Å². The van der Waals surface area contributed by atoms with Crippen LogP contribution in [0.5, 0.6) is 0 Å². The van der Waals surface area contributed by atoms with E-state index in [1.807, 2.05) is 24.3 Å². The third kappa shape index (κ3) is 3.16. The van der Waals surface area contributed by atoms with Crippen molar-refractivity contribution in [2.45, 2.75) is 0 Å². The zero-order valence-corrected chi connectivity index (χ0v) is 13.5. The molecule has 0 unspecified atom stereocenters. The number of nitrogens with zero attached hydrogens (tertiary/aromatic N) is 5. The Balaban J connectivity index is 1.60. The van der Waals surface area contributed by atoms with Gasteiger partial charge in [0.1, 0.15) is 11.4 Å². The predicted octanol–water partition coefficient (Wildman–Crippen LogP) is 2.58. The third-order valence-corrected chi connectivity index (χ3v) is 3.62. The Bertz CT molecular complexity index is 1030. The second kappa shape index (κ2) is 6.89. The average molecular weight is 343 g/mol. The molecule has 4 aromatic rings. The molecule has 0 saturated heterocycles. The molecule has 0 saturated carbocycles. The first-order chi connectivity index (χ1) is 12.8. The lowest BCUT2D eigenvalue weighted by Gasteiger charge is -2.06. The Hall–Kier alpha value is -3.94. The van der Waals surface area contributed by atoms with Crippen molar-refractivity contribution in [2.24, 2.45) is 0 Å². The zero-order chi connectivity index (χ0) is 17.8. The number of aromatic nitrogens is 6. The molecule has 2 N–H and O–H groups in total. The normalized spacial score (nSPS) is 10.5. The van der Waals surface area contributed by atoms with E-state index in [-0.39, 0.29) is 11.6 Å². The highest BCUT2D eigenvalue weighted by Crippen LogP contribution is 2.23. The Labute approximate surface area is 148 Å². The van der Waals surface area contributed by atoms with Crippen LogP contribution in [0, 0.1) is 0 Å². The fraction of sp³-hybridized carbons (Fsp3) is 0. The molecule has 1 amide bonds. The van der Waals surface area contributed by atoms with Crippen LogP contribution in [0.4, 0.5) is 5.69 Å². The van der Waals surface area contributed by atoms with Crippen molar-refractivity contribution in [3.63, 3.8) is 0 Å². The number of anilines is 1. The molecule has 0 aromatic carbocycles. The minimum atomic E-state index is -0.365. The summed E-state index contributed by atoms with van der Waals surface area (Å²) in [6, 6.07) is 10.7. The average Bonchev–Trinajstić information content (AvgIpc) is 3.17. The van der Waals surface area contributed by atoms with E-state index < -0.39 is 0 Å². The smallest absolute Gasteiger partial charge is 0.274 e. The van der Waals surface area contributed by atoms with E-state index in [0.29, 0.717) is 22.9 Å². The maximum Gasteiger partial charge on any atom is 0.274 e. The number of carbonyl (C=O) groups is 1. The van der Waals surface area contributed by atoms with Gasteiger partial charge in [0.2, 0.25) is 0 Å². The molecular formula is C18H13N7O. The lowest BCUT2D eigenvalue weighted by atomic mass is 10.2. The number of hydrogen-bond acceptors (Lipinski definition) is 6. The fourth-order valence-corrected chi connectivity index (χ4v) is 2.39. The minimum absolute atomic E-state index is 0.243. The second-order valence-corrected chi connectivity index (χ2v) is 5.33. The summed E-state index contributed by atoms with van der Waals surface area (Å²) in [7, 11) is 0. The molecule has 0 aliphatic heterocycles. The first-order valence-electron chi connectivity index (χ1n) is 7.81. The molecule has 4 aromatic heterocycles. The molecule has 0 bridgehead atoms. The van der Waals surface area contributed by atoms with Gasteiger partial charge in [-0.1, -0.05) is 6.07 Å². The van der Waals surface area contributed by atoms with E-state index in [4.69, 9.17) is 0 Å². The van der Waals surface area contributed by atoms with Crippen molar-refractivity contribution in [3.8, 4) is 22.8 Å². The molecule has 0 fully saturated rings. The molecule has 126 valence electrons. The first-order valence-corrected chi connectivity index (χ1v) is 7.81. The van der Waals surface area contributed by atoms with Crippen LogP contribution < -0.4 is 5.32 Å². The van der Waals surface area contributed by atoms with Crippen LogP contribution in [-0.4, -0.2) is 36.0 Å². The molecular weight excluding hydrogens is 330 g/mol. The zero-order valence-electron chi connectivity index (χ0n) is 13.5. The van der Waals surface area contributed by atoms with Gasteiger partial charge >= 0.3 is 0 Å². The first kappa shape index (κ1) is 15.6. The molecule has 8 heteroatoms. The third-order valence-electron chi connectivity index (χ3n) is 3.62. The highest BCUT2D eigenvalue weighted by Gasteiger charge is 2.15. The standard InChI is InChI=1S/C18H13N7O/c26-18(14-6-9-21-17(23-14)12-4-3-7-19-10-12)24-15-11-22-25-16(15)13-5-1-2-8-20-13/h1-11H,(H,22,25)(H,24,26). The summed E-state index contributed by atoms with van der Waals surface area (Å²) in [5, 5.41) is 9.64. The topological polar surface area (TPSA) is 109 Å². The summed E-state index contributed by atoms with van der Waals surface area (Å²) < 4.78 is 0. The maximum absolute atomic E-state index is 12.6. The van der Waals surface area contributed by atoms with Crippen molar-refractivity contribution >= 4 is 11.6 Å². The Morgan fingerprint density at radius 2 is 1.92 bits per heavy atom. The van der Waals surface area contributed by atoms with Crippen LogP contribution in [0.15, 0.2) is 67.4 Å². The predicted molar refractivity (Wildman–Crippen MR) is 95.0 cm³/mol. The molecule has 0 atom stereocenters. The molecule has 0 aliphatic rings. The lowest BCUT2D eigenvalue weighted by Crippen LogP contribution is -2.14. The molecule has 26 heavy (non-hydrogen) atoms. The summed E-state index contributed by atoms with van der Waals surface area (Å²) in [5.74, 6) is 0.0685. The molecule has 0 spiro atoms. The van der Waals surface area contributed by atoms with E-state index in [9.17, 15) is 4.79 Å². The van der Waals surface area contributed by atoms with Crippen LogP contribution in [0.2, 0.25) is 0 Å². The number of carbonyl (C=O) groups excluding carboxylic acids is 1. The summed E-state index contributed by atoms with van der Waals surface area (Å²) in [4.78, 5) is 29.4. The van der Waals surface area contributed by atoms with Gasteiger partial charge in [-0.3, -0.25) is 19.9 Å².